The summed E-state index contributed by atoms with van der Waals surface area (Å²) in [7, 11) is 0. The van der Waals surface area contributed by atoms with Crippen molar-refractivity contribution in [2.75, 3.05) is 0 Å². The zero-order chi connectivity index (χ0) is 20.2. The van der Waals surface area contributed by atoms with Crippen molar-refractivity contribution in [2.45, 2.75) is 42.5 Å². The average Bonchev–Trinajstić information content (AvgIpc) is 3.48. The Balaban J connectivity index is 0.00000136. The van der Waals surface area contributed by atoms with Crippen LogP contribution >= 0.6 is 11.8 Å². The van der Waals surface area contributed by atoms with Gasteiger partial charge in [0.15, 0.2) is 5.16 Å². The van der Waals surface area contributed by atoms with Crippen LogP contribution in [-0.4, -0.2) is 25.4 Å². The van der Waals surface area contributed by atoms with Crippen molar-refractivity contribution < 1.29 is 40.9 Å². The second kappa shape index (κ2) is 8.04. The summed E-state index contributed by atoms with van der Waals surface area (Å²) in [6, 6.07) is 20.9. The van der Waals surface area contributed by atoms with Gasteiger partial charge in [0.05, 0.1) is 16.7 Å². The summed E-state index contributed by atoms with van der Waals surface area (Å²) in [4.78, 5) is 16.6. The van der Waals surface area contributed by atoms with Crippen LogP contribution in [0.5, 0.6) is 0 Å². The summed E-state index contributed by atoms with van der Waals surface area (Å²) in [6.45, 7) is 3.44. The number of nitrogens with zero attached hydrogens (tertiary/aromatic N) is 2. The van der Waals surface area contributed by atoms with Gasteiger partial charge in [0, 0.05) is 5.39 Å². The van der Waals surface area contributed by atoms with Crippen molar-refractivity contribution >= 4 is 39.5 Å². The maximum atomic E-state index is 11.8. The number of aromatic nitrogens is 2. The fourth-order valence-electron chi connectivity index (χ4n) is 3.83. The summed E-state index contributed by atoms with van der Waals surface area (Å²) in [5.74, 6) is -0.191. The van der Waals surface area contributed by atoms with Crippen molar-refractivity contribution in [1.82, 2.24) is 9.55 Å². The molecular formula is C24H23N2NaO2S. The van der Waals surface area contributed by atoms with E-state index in [1.54, 1.807) is 13.8 Å². The fourth-order valence-corrected chi connectivity index (χ4v) is 4.80. The van der Waals surface area contributed by atoms with Gasteiger partial charge in [0.25, 0.3) is 0 Å². The summed E-state index contributed by atoms with van der Waals surface area (Å²) in [5.41, 5.74) is 4.31. The Labute approximate surface area is 203 Å². The van der Waals surface area contributed by atoms with Crippen molar-refractivity contribution in [3.63, 3.8) is 0 Å². The first-order chi connectivity index (χ1) is 14.0. The third kappa shape index (κ3) is 3.69. The van der Waals surface area contributed by atoms with Crippen LogP contribution in [0.1, 0.15) is 39.6 Å². The molecule has 1 aromatic heterocycles. The molecule has 1 aliphatic carbocycles. The van der Waals surface area contributed by atoms with Gasteiger partial charge in [-0.3, -0.25) is 9.36 Å². The third-order valence-corrected chi connectivity index (χ3v) is 6.73. The average molecular weight is 427 g/mol. The molecule has 0 amide bonds. The minimum absolute atomic E-state index is 0. The van der Waals surface area contributed by atoms with Gasteiger partial charge in [0.1, 0.15) is 4.75 Å². The topological polar surface area (TPSA) is 55.1 Å². The zero-order valence-corrected chi connectivity index (χ0v) is 20.2. The minimum Gasteiger partial charge on any atom is -1.00 e. The van der Waals surface area contributed by atoms with E-state index in [-0.39, 0.29) is 31.0 Å². The predicted molar refractivity (Wildman–Crippen MR) is 119 cm³/mol. The largest absolute Gasteiger partial charge is 1.00 e. The number of carbonyl (C=O) groups is 1. The number of para-hydroxylation sites is 2. The summed E-state index contributed by atoms with van der Waals surface area (Å²) >= 11 is 1.28. The Morgan fingerprint density at radius 3 is 2.43 bits per heavy atom. The van der Waals surface area contributed by atoms with Crippen molar-refractivity contribution in [3.05, 3.63) is 66.2 Å². The number of hydrogen-bond acceptors (Lipinski definition) is 3. The quantitative estimate of drug-likeness (QED) is 0.394. The van der Waals surface area contributed by atoms with Gasteiger partial charge in [-0.25, -0.2) is 4.98 Å². The number of carboxylic acids is 1. The molecule has 0 unspecified atom stereocenters. The van der Waals surface area contributed by atoms with E-state index in [1.165, 1.54) is 40.9 Å². The molecule has 6 heteroatoms. The van der Waals surface area contributed by atoms with Gasteiger partial charge in [-0.15, -0.1) is 0 Å². The molecule has 1 fully saturated rings. The number of rotatable bonds is 5. The predicted octanol–water partition coefficient (Wildman–Crippen LogP) is 3.13. The smallest absolute Gasteiger partial charge is 1.00 e. The first kappa shape index (κ1) is 21.4. The summed E-state index contributed by atoms with van der Waals surface area (Å²) < 4.78 is 1.13. The van der Waals surface area contributed by atoms with E-state index < -0.39 is 10.7 Å². The van der Waals surface area contributed by atoms with Crippen molar-refractivity contribution in [1.29, 1.82) is 0 Å². The van der Waals surface area contributed by atoms with E-state index in [4.69, 9.17) is 4.98 Å². The van der Waals surface area contributed by atoms with Crippen LogP contribution < -0.4 is 29.6 Å². The van der Waals surface area contributed by atoms with Crippen LogP contribution in [0.15, 0.2) is 65.8 Å². The van der Waals surface area contributed by atoms with Gasteiger partial charge >= 0.3 is 35.5 Å². The molecule has 1 saturated carbocycles. The molecule has 1 N–H and O–H groups in total. The monoisotopic (exact) mass is 426 g/mol. The number of hydrogen-bond donors (Lipinski definition) is 1. The van der Waals surface area contributed by atoms with Gasteiger partial charge in [-0.1, -0.05) is 54.2 Å². The number of carboxylic acid groups (broad SMARTS) is 1. The molecule has 5 rings (SSSR count). The molecule has 30 heavy (non-hydrogen) atoms. The van der Waals surface area contributed by atoms with Crippen molar-refractivity contribution in [2.24, 2.45) is 0 Å². The van der Waals surface area contributed by atoms with Crippen LogP contribution in [0.25, 0.3) is 27.5 Å². The number of aliphatic carboxylic acids is 1. The minimum atomic E-state index is -0.983. The Hall–Kier alpha value is -1.79. The van der Waals surface area contributed by atoms with E-state index in [2.05, 4.69) is 41.0 Å². The zero-order valence-electron chi connectivity index (χ0n) is 18.4. The first-order valence-electron chi connectivity index (χ1n) is 9.87. The van der Waals surface area contributed by atoms with Crippen molar-refractivity contribution in [3.8, 4) is 5.69 Å². The third-order valence-electron chi connectivity index (χ3n) is 5.58. The van der Waals surface area contributed by atoms with E-state index in [9.17, 15) is 9.90 Å². The molecular weight excluding hydrogens is 403 g/mol. The van der Waals surface area contributed by atoms with E-state index in [0.29, 0.717) is 11.1 Å². The van der Waals surface area contributed by atoms with Gasteiger partial charge in [-0.2, -0.15) is 0 Å². The maximum Gasteiger partial charge on any atom is 1.00 e. The number of thioether (sulfide) groups is 1. The fraction of sp³-hybridized carbons (Fsp3) is 0.250. The second-order valence-electron chi connectivity index (χ2n) is 8.13. The molecule has 0 spiro atoms. The molecule has 148 valence electrons. The standard InChI is InChI=1S/C24H22N2O2S.Na.H/c1-24(2,22(27)28)29-23-25-19-9-5-6-10-21(19)26(23)20-14-13-16(15-11-12-15)17-7-3-4-8-18(17)20;;/h3-10,13-15H,11-12H2,1-2H3,(H,27,28);;/q;+1;-1. The molecule has 4 nitrogen and oxygen atoms in total. The van der Waals surface area contributed by atoms with Crippen LogP contribution in [-0.2, 0) is 4.79 Å². The molecule has 0 atom stereocenters. The SMILES string of the molecule is CC(C)(Sc1nc2ccccc2n1-c1ccc(C2CC2)c2ccccc12)C(=O)O.[H-].[Na+]. The molecule has 3 aromatic carbocycles. The molecule has 0 aliphatic heterocycles. The van der Waals surface area contributed by atoms with Crippen LogP contribution in [0.3, 0.4) is 0 Å². The molecule has 1 aliphatic rings. The Morgan fingerprint density at radius 1 is 1.07 bits per heavy atom. The molecule has 1 heterocycles. The van der Waals surface area contributed by atoms with Crippen LogP contribution in [0, 0.1) is 0 Å². The Morgan fingerprint density at radius 2 is 1.73 bits per heavy atom. The Bertz CT molecular complexity index is 1270. The van der Waals surface area contributed by atoms with Crippen LogP contribution in [0.4, 0.5) is 0 Å². The number of fused-ring (bicyclic) bond motifs is 2. The van der Waals surface area contributed by atoms with E-state index in [1.807, 2.05) is 24.3 Å². The molecule has 0 radical (unpaired) electrons. The normalized spacial score (nSPS) is 14.1. The van der Waals surface area contributed by atoms with Crippen LogP contribution in [0.2, 0.25) is 0 Å². The maximum absolute atomic E-state index is 11.8. The second-order valence-corrected chi connectivity index (χ2v) is 9.72. The van der Waals surface area contributed by atoms with E-state index >= 15 is 0 Å². The molecule has 0 saturated heterocycles. The Kier molecular flexibility index (Phi) is 5.75. The van der Waals surface area contributed by atoms with Gasteiger partial charge < -0.3 is 6.53 Å². The number of benzene rings is 3. The van der Waals surface area contributed by atoms with E-state index in [0.717, 1.165) is 16.7 Å². The summed E-state index contributed by atoms with van der Waals surface area (Å²) in [6.07, 6.45) is 2.51. The first-order valence-corrected chi connectivity index (χ1v) is 10.7. The van der Waals surface area contributed by atoms with Gasteiger partial charge in [-0.05, 0) is 61.8 Å². The summed E-state index contributed by atoms with van der Waals surface area (Å²) in [5, 5.41) is 12.8. The number of imidazole rings is 1. The van der Waals surface area contributed by atoms with Gasteiger partial charge in [0.2, 0.25) is 0 Å². The molecule has 4 aromatic rings. The molecule has 0 bridgehead atoms.